The lowest BCUT2D eigenvalue weighted by Crippen LogP contribution is -2.34. The molecule has 0 bridgehead atoms. The van der Waals surface area contributed by atoms with Gasteiger partial charge in [-0.3, -0.25) is 0 Å². The van der Waals surface area contributed by atoms with Gasteiger partial charge in [0, 0.05) is 12.8 Å². The minimum Gasteiger partial charge on any atom is -0.478 e. The number of fused-ring (bicyclic) bond motifs is 6. The Morgan fingerprint density at radius 1 is 0.273 bits per heavy atom. The fraction of sp³-hybridized carbons (Fsp3) is 0.302. The lowest BCUT2D eigenvalue weighted by Gasteiger charge is -2.26. The van der Waals surface area contributed by atoms with Gasteiger partial charge in [0.1, 0.15) is 134 Å². The Hall–Kier alpha value is -15.3. The number of nitrogens with zero attached hydrogens (tertiary/aromatic N) is 13. The molecular formula is C116H111N13O10. The van der Waals surface area contributed by atoms with Crippen molar-refractivity contribution in [3.63, 3.8) is 0 Å². The molecule has 14 atom stereocenters. The molecule has 12 aromatic rings. The van der Waals surface area contributed by atoms with Crippen molar-refractivity contribution in [1.82, 2.24) is 9.97 Å². The molecule has 10 aliphatic heterocycles. The summed E-state index contributed by atoms with van der Waals surface area (Å²) >= 11 is 0. The Morgan fingerprint density at radius 2 is 0.576 bits per heavy atom. The van der Waals surface area contributed by atoms with Gasteiger partial charge in [-0.15, -0.1) is 0 Å². The first kappa shape index (κ1) is 91.4. The molecule has 0 amide bonds. The van der Waals surface area contributed by atoms with Crippen LogP contribution in [0.3, 0.4) is 0 Å². The highest BCUT2D eigenvalue weighted by Gasteiger charge is 2.50. The fourth-order valence-electron chi connectivity index (χ4n) is 18.9. The summed E-state index contributed by atoms with van der Waals surface area (Å²) in [6.45, 7) is 20.2. The van der Waals surface area contributed by atoms with Gasteiger partial charge in [-0.25, -0.2) is 59.9 Å². The molecule has 0 saturated heterocycles. The van der Waals surface area contributed by atoms with Gasteiger partial charge in [-0.05, 0) is 131 Å². The van der Waals surface area contributed by atoms with Gasteiger partial charge >= 0.3 is 0 Å². The second kappa shape index (κ2) is 40.9. The van der Waals surface area contributed by atoms with E-state index in [4.69, 9.17) is 82.3 Å². The van der Waals surface area contributed by atoms with Crippen molar-refractivity contribution in [3.05, 3.63) is 417 Å². The van der Waals surface area contributed by atoms with Crippen molar-refractivity contribution < 1.29 is 47.4 Å². The zero-order valence-electron chi connectivity index (χ0n) is 79.0. The van der Waals surface area contributed by atoms with Gasteiger partial charge < -0.3 is 47.4 Å². The van der Waals surface area contributed by atoms with Gasteiger partial charge in [0.2, 0.25) is 35.4 Å². The number of aromatic nitrogens is 2. The second-order valence-corrected chi connectivity index (χ2v) is 37.8. The normalized spacial score (nSPS) is 23.9. The number of aliphatic imine (C=N–C) groups is 10. The Labute approximate surface area is 811 Å². The van der Waals surface area contributed by atoms with Crippen LogP contribution in [0.4, 0.5) is 0 Å². The van der Waals surface area contributed by atoms with Gasteiger partial charge in [-0.1, -0.05) is 331 Å². The molecule has 12 heterocycles. The molecule has 23 heteroatoms. The smallest absolute Gasteiger partial charge is 0.236 e. The summed E-state index contributed by atoms with van der Waals surface area (Å²) in [5.74, 6) is 6.21. The number of rotatable bonds is 20. The molecule has 0 saturated carbocycles. The molecule has 0 radical (unpaired) electrons. The zero-order valence-corrected chi connectivity index (χ0v) is 79.0. The van der Waals surface area contributed by atoms with Crippen LogP contribution in [0.15, 0.2) is 378 Å². The number of pyridine rings is 2. The number of ether oxygens (including phenoxy) is 10. The maximum absolute atomic E-state index is 9.59. The predicted octanol–water partition coefficient (Wildman–Crippen LogP) is 22.3. The molecule has 0 fully saturated rings. The molecule has 2 aromatic heterocycles. The summed E-state index contributed by atoms with van der Waals surface area (Å²) in [6.07, 6.45) is 1.50. The third kappa shape index (κ3) is 20.0. The Balaban J connectivity index is 0.000000108. The summed E-state index contributed by atoms with van der Waals surface area (Å²) in [7, 11) is 0. The van der Waals surface area contributed by atoms with E-state index >= 15 is 0 Å². The number of hydrogen-bond acceptors (Lipinski definition) is 23. The first-order valence-corrected chi connectivity index (χ1v) is 48.1. The van der Waals surface area contributed by atoms with Crippen molar-refractivity contribution in [3.8, 4) is 6.07 Å². The van der Waals surface area contributed by atoms with Gasteiger partial charge in [0.05, 0.1) is 18.2 Å². The molecule has 0 spiro atoms. The largest absolute Gasteiger partial charge is 0.478 e. The third-order valence-corrected chi connectivity index (χ3v) is 26.8. The Bertz CT molecular complexity index is 6350. The average molecular weight is 1850 g/mol. The number of hydrogen-bond donors (Lipinski definition) is 0. The molecule has 23 nitrogen and oxygen atoms in total. The molecule has 0 N–H and O–H groups in total. The van der Waals surface area contributed by atoms with Crippen LogP contribution in [-0.4, -0.2) is 133 Å². The zero-order chi connectivity index (χ0) is 94.9. The molecule has 700 valence electrons. The third-order valence-electron chi connectivity index (χ3n) is 26.8. The second-order valence-electron chi connectivity index (χ2n) is 37.8. The van der Waals surface area contributed by atoms with E-state index < -0.39 is 16.7 Å². The standard InChI is InChI=1S/C33H30N2O2.C25H19N3O2.C21H22N2O2.C20H17N3O2.C17H23N3O2/c1-33(2,31-34-27(23-15-7-3-8-16-23)29(36-31)25-19-11-5-12-20-25)32-35-28(24-17-9-4-10-18-24)30(37-32)26-21-13-6-14-22-26;1-3-8-16-14(6-1)12-20-22(16)27-24(29-20)18-10-5-11-19(26-18)25-28-23-17-9-4-2-7-15(17)13-21(23)30-25;1-21(2,19-22-17(13-24-19)15-9-5-3-6-10-15)20-23-18(14-25-20)16-11-7-4-8-12-16;21-11-16(19-22-17(12-24-19)14-7-3-1-4-8-14)20-23-18(13-25-20)15-9-5-2-6-10-15;1-10(2)14-8-21-16(19-14)12-6-5-7-13(18-12)17-20-15(9-22-17)11(3)4/h3-22,27-30H,1-2H3;1-11,20-23H,12-13H2;3-12,17-18H,13-14H2,1-2H3;1-10,16-18H,12-13H2;5-7,10-11,14-15H,8-9H2,1-4H3/t27-,28-,29+,30+;20-,21-,22+,23+;2*17-,18-;14-,15-/m10111/s1. The monoisotopic (exact) mass is 1850 g/mol. The van der Waals surface area contributed by atoms with Crippen LogP contribution in [0, 0.1) is 39.9 Å². The molecule has 2 aliphatic carbocycles. The highest BCUT2D eigenvalue weighted by molar-refractivity contribution is 6.07. The number of benzene rings is 10. The topological polar surface area (TPSA) is 265 Å². The van der Waals surface area contributed by atoms with E-state index in [1.54, 1.807) is 0 Å². The molecule has 24 rings (SSSR count). The van der Waals surface area contributed by atoms with E-state index in [0.717, 1.165) is 69.0 Å². The molecule has 10 aromatic carbocycles. The maximum atomic E-state index is 9.59. The van der Waals surface area contributed by atoms with Crippen LogP contribution in [-0.2, 0) is 60.2 Å². The Kier molecular flexibility index (Phi) is 26.9. The van der Waals surface area contributed by atoms with E-state index in [0.29, 0.717) is 110 Å². The van der Waals surface area contributed by atoms with Crippen molar-refractivity contribution >= 4 is 59.0 Å². The van der Waals surface area contributed by atoms with Crippen molar-refractivity contribution in [2.24, 2.45) is 78.5 Å². The van der Waals surface area contributed by atoms with E-state index in [1.807, 2.05) is 182 Å². The van der Waals surface area contributed by atoms with Crippen LogP contribution in [0.1, 0.15) is 205 Å². The van der Waals surface area contributed by atoms with Gasteiger partial charge in [-0.2, -0.15) is 5.26 Å². The van der Waals surface area contributed by atoms with Crippen LogP contribution in [0.25, 0.3) is 0 Å². The summed E-state index contributed by atoms with van der Waals surface area (Å²) in [6, 6.07) is 113. The predicted molar refractivity (Wildman–Crippen MR) is 540 cm³/mol. The molecule has 12 aliphatic rings. The molecule has 139 heavy (non-hydrogen) atoms. The van der Waals surface area contributed by atoms with Crippen LogP contribution in [0.2, 0.25) is 0 Å². The average Bonchev–Trinajstić information content (AvgIpc) is 1.62. The van der Waals surface area contributed by atoms with Crippen molar-refractivity contribution in [2.45, 2.75) is 153 Å². The molecule has 0 unspecified atom stereocenters. The number of nitriles is 1. The Morgan fingerprint density at radius 3 is 0.914 bits per heavy atom. The summed E-state index contributed by atoms with van der Waals surface area (Å²) in [5.41, 5.74) is 16.0. The van der Waals surface area contributed by atoms with E-state index in [1.165, 1.54) is 33.4 Å². The molecular weight excluding hydrogens is 1740 g/mol. The quantitative estimate of drug-likeness (QED) is 0.0688. The van der Waals surface area contributed by atoms with Crippen molar-refractivity contribution in [2.75, 3.05) is 39.6 Å². The highest BCUT2D eigenvalue weighted by Crippen LogP contribution is 2.50. The minimum absolute atomic E-state index is 0.0439. The van der Waals surface area contributed by atoms with E-state index in [9.17, 15) is 5.26 Å². The van der Waals surface area contributed by atoms with Gasteiger partial charge in [0.15, 0.2) is 41.7 Å². The van der Waals surface area contributed by atoms with E-state index in [-0.39, 0.29) is 84.8 Å². The van der Waals surface area contributed by atoms with E-state index in [2.05, 4.69) is 232 Å². The minimum atomic E-state index is -0.692. The maximum Gasteiger partial charge on any atom is 0.236 e. The lowest BCUT2D eigenvalue weighted by atomic mass is 9.93. The first-order chi connectivity index (χ1) is 68.0. The van der Waals surface area contributed by atoms with Crippen molar-refractivity contribution in [1.29, 1.82) is 5.26 Å². The summed E-state index contributed by atoms with van der Waals surface area (Å²) < 4.78 is 60.4. The van der Waals surface area contributed by atoms with Crippen LogP contribution >= 0.6 is 0 Å². The first-order valence-electron chi connectivity index (χ1n) is 48.1. The SMILES string of the molecule is CC(C)(C1=N[C@@H](c2ccccc2)CO1)C1=N[C@@H](c2ccccc2)CO1.CC(C)(C1=N[C@H](c2ccccc2)[C@H](c2ccccc2)O1)C1=N[C@H](c2ccccc2)[C@H](c2ccccc2)O1.CC(C)[C@H]1COC(c2cccc(C3=N[C@@H](C(C)C)CO3)n2)=N1.N#CC(C1=N[C@@H](c2ccccc2)CO1)C1=N[C@@H](c2ccccc2)CO1.c1cc(C2=N[C@@H]3c4ccccc4C[C@@H]3O2)nc(C2=N[C@@H]3c4ccccc4C[C@@H]3O2)c1. The summed E-state index contributed by atoms with van der Waals surface area (Å²) in [4.78, 5) is 57.5. The fourth-order valence-corrected chi connectivity index (χ4v) is 18.9. The van der Waals surface area contributed by atoms with Gasteiger partial charge in [0.25, 0.3) is 0 Å². The lowest BCUT2D eigenvalue weighted by molar-refractivity contribution is 0.162. The summed E-state index contributed by atoms with van der Waals surface area (Å²) in [5, 5.41) is 9.59. The highest BCUT2D eigenvalue weighted by atomic mass is 16.5. The van der Waals surface area contributed by atoms with Crippen LogP contribution in [0.5, 0.6) is 0 Å². The van der Waals surface area contributed by atoms with Crippen LogP contribution < -0.4 is 0 Å².